The number of pyridine rings is 1. The van der Waals surface area contributed by atoms with E-state index in [4.69, 9.17) is 0 Å². The molecule has 1 N–H and O–H groups in total. The molecule has 0 unspecified atom stereocenters. The first-order chi connectivity index (χ1) is 9.22. The summed E-state index contributed by atoms with van der Waals surface area (Å²) in [6, 6.07) is 10.5. The highest BCUT2D eigenvalue weighted by atomic mass is 79.9. The van der Waals surface area contributed by atoms with Crippen LogP contribution < -0.4 is 10.2 Å². The molecule has 0 aliphatic carbocycles. The third-order valence-corrected chi connectivity index (χ3v) is 3.42. The molecule has 1 aromatic carbocycles. The highest BCUT2D eigenvalue weighted by Crippen LogP contribution is 2.22. The maximum Gasteiger partial charge on any atom is 0.0582 e. The van der Waals surface area contributed by atoms with E-state index in [1.807, 2.05) is 12.3 Å². The van der Waals surface area contributed by atoms with Gasteiger partial charge in [0.15, 0.2) is 0 Å². The van der Waals surface area contributed by atoms with Gasteiger partial charge in [-0.25, -0.2) is 0 Å². The van der Waals surface area contributed by atoms with E-state index < -0.39 is 0 Å². The van der Waals surface area contributed by atoms with Gasteiger partial charge in [0.1, 0.15) is 0 Å². The van der Waals surface area contributed by atoms with Crippen LogP contribution >= 0.6 is 15.9 Å². The molecule has 0 saturated carbocycles. The molecule has 4 heteroatoms. The van der Waals surface area contributed by atoms with Crippen LogP contribution in [-0.2, 0) is 0 Å². The standard InChI is InChI=1S/C15H18BrN3/c1-3-19(4-2)15-7-5-13(6-8-15)18-14-9-12(16)10-17-11-14/h5-11,18H,3-4H2,1-2H3. The Morgan fingerprint density at radius 1 is 1.05 bits per heavy atom. The summed E-state index contributed by atoms with van der Waals surface area (Å²) in [7, 11) is 0. The third kappa shape index (κ3) is 3.70. The second kappa shape index (κ2) is 6.57. The topological polar surface area (TPSA) is 28.2 Å². The second-order valence-electron chi connectivity index (χ2n) is 4.24. The van der Waals surface area contributed by atoms with Gasteiger partial charge in [-0.2, -0.15) is 0 Å². The maximum absolute atomic E-state index is 4.14. The first kappa shape index (κ1) is 13.9. The molecule has 0 saturated heterocycles. The first-order valence-corrected chi connectivity index (χ1v) is 7.24. The van der Waals surface area contributed by atoms with E-state index >= 15 is 0 Å². The van der Waals surface area contributed by atoms with Gasteiger partial charge >= 0.3 is 0 Å². The van der Waals surface area contributed by atoms with Gasteiger partial charge in [-0.3, -0.25) is 4.98 Å². The fourth-order valence-corrected chi connectivity index (χ4v) is 2.36. The van der Waals surface area contributed by atoms with Crippen molar-refractivity contribution in [3.8, 4) is 0 Å². The van der Waals surface area contributed by atoms with Crippen molar-refractivity contribution >= 4 is 33.0 Å². The lowest BCUT2D eigenvalue weighted by Crippen LogP contribution is -2.21. The summed E-state index contributed by atoms with van der Waals surface area (Å²) in [5.74, 6) is 0. The van der Waals surface area contributed by atoms with Crippen LogP contribution in [0.3, 0.4) is 0 Å². The van der Waals surface area contributed by atoms with Crippen LogP contribution in [0.25, 0.3) is 0 Å². The van der Waals surface area contributed by atoms with Crippen LogP contribution in [0.4, 0.5) is 17.1 Å². The van der Waals surface area contributed by atoms with Gasteiger partial charge in [0.05, 0.1) is 11.9 Å². The largest absolute Gasteiger partial charge is 0.372 e. The Labute approximate surface area is 122 Å². The van der Waals surface area contributed by atoms with Gasteiger partial charge < -0.3 is 10.2 Å². The lowest BCUT2D eigenvalue weighted by atomic mass is 10.2. The lowest BCUT2D eigenvalue weighted by Gasteiger charge is -2.21. The van der Waals surface area contributed by atoms with Crippen molar-refractivity contribution in [2.24, 2.45) is 0 Å². The Morgan fingerprint density at radius 2 is 1.74 bits per heavy atom. The molecular weight excluding hydrogens is 302 g/mol. The van der Waals surface area contributed by atoms with Crippen molar-refractivity contribution in [2.75, 3.05) is 23.3 Å². The monoisotopic (exact) mass is 319 g/mol. The molecule has 1 heterocycles. The fourth-order valence-electron chi connectivity index (χ4n) is 1.99. The van der Waals surface area contributed by atoms with E-state index in [0.29, 0.717) is 0 Å². The molecule has 2 aromatic rings. The number of benzene rings is 1. The van der Waals surface area contributed by atoms with E-state index in [9.17, 15) is 0 Å². The predicted octanol–water partition coefficient (Wildman–Crippen LogP) is 4.43. The average Bonchev–Trinajstić information content (AvgIpc) is 2.42. The summed E-state index contributed by atoms with van der Waals surface area (Å²) in [5, 5.41) is 3.34. The van der Waals surface area contributed by atoms with Gasteiger partial charge in [0, 0.05) is 35.1 Å². The minimum absolute atomic E-state index is 0.970. The summed E-state index contributed by atoms with van der Waals surface area (Å²) in [6.45, 7) is 6.39. The smallest absolute Gasteiger partial charge is 0.0582 e. The number of halogens is 1. The zero-order valence-electron chi connectivity index (χ0n) is 11.2. The summed E-state index contributed by atoms with van der Waals surface area (Å²) in [4.78, 5) is 6.46. The van der Waals surface area contributed by atoms with Crippen molar-refractivity contribution < 1.29 is 0 Å². The van der Waals surface area contributed by atoms with Crippen molar-refractivity contribution in [1.82, 2.24) is 4.98 Å². The summed E-state index contributed by atoms with van der Waals surface area (Å²) in [5.41, 5.74) is 3.30. The van der Waals surface area contributed by atoms with E-state index in [1.165, 1.54) is 5.69 Å². The normalized spacial score (nSPS) is 10.3. The molecule has 1 aromatic heterocycles. The molecule has 100 valence electrons. The Balaban J connectivity index is 2.10. The number of aromatic nitrogens is 1. The lowest BCUT2D eigenvalue weighted by molar-refractivity contribution is 0.866. The molecule has 0 bridgehead atoms. The van der Waals surface area contributed by atoms with Crippen molar-refractivity contribution in [2.45, 2.75) is 13.8 Å². The number of hydrogen-bond donors (Lipinski definition) is 1. The molecule has 0 aliphatic rings. The number of nitrogens with one attached hydrogen (secondary N) is 1. The van der Waals surface area contributed by atoms with Crippen molar-refractivity contribution in [3.63, 3.8) is 0 Å². The molecule has 0 radical (unpaired) electrons. The van der Waals surface area contributed by atoms with Crippen LogP contribution in [0, 0.1) is 0 Å². The summed E-state index contributed by atoms with van der Waals surface area (Å²) in [6.07, 6.45) is 3.58. The van der Waals surface area contributed by atoms with Crippen LogP contribution in [0.1, 0.15) is 13.8 Å². The van der Waals surface area contributed by atoms with Crippen molar-refractivity contribution in [3.05, 3.63) is 47.2 Å². The first-order valence-electron chi connectivity index (χ1n) is 6.45. The Morgan fingerprint density at radius 3 is 2.32 bits per heavy atom. The third-order valence-electron chi connectivity index (χ3n) is 2.99. The van der Waals surface area contributed by atoms with Gasteiger partial charge in [-0.05, 0) is 60.1 Å². The molecule has 0 fully saturated rings. The number of anilines is 3. The molecule has 0 aliphatic heterocycles. The minimum Gasteiger partial charge on any atom is -0.372 e. The maximum atomic E-state index is 4.14. The number of hydrogen-bond acceptors (Lipinski definition) is 3. The molecule has 3 nitrogen and oxygen atoms in total. The van der Waals surface area contributed by atoms with Crippen LogP contribution in [-0.4, -0.2) is 18.1 Å². The van der Waals surface area contributed by atoms with Gasteiger partial charge in [0.25, 0.3) is 0 Å². The second-order valence-corrected chi connectivity index (χ2v) is 5.15. The van der Waals surface area contributed by atoms with Gasteiger partial charge in [-0.15, -0.1) is 0 Å². The van der Waals surface area contributed by atoms with Crippen molar-refractivity contribution in [1.29, 1.82) is 0 Å². The quantitative estimate of drug-likeness (QED) is 0.883. The number of rotatable bonds is 5. The molecule has 0 spiro atoms. The summed E-state index contributed by atoms with van der Waals surface area (Å²) < 4.78 is 0.970. The number of nitrogens with zero attached hydrogens (tertiary/aromatic N) is 2. The highest BCUT2D eigenvalue weighted by molar-refractivity contribution is 9.10. The van der Waals surface area contributed by atoms with Gasteiger partial charge in [0.2, 0.25) is 0 Å². The van der Waals surface area contributed by atoms with Crippen LogP contribution in [0.15, 0.2) is 47.2 Å². The molecule has 0 atom stereocenters. The highest BCUT2D eigenvalue weighted by Gasteiger charge is 2.01. The van der Waals surface area contributed by atoms with E-state index in [1.54, 1.807) is 6.20 Å². The molecular formula is C15H18BrN3. The van der Waals surface area contributed by atoms with E-state index in [2.05, 4.69) is 69.2 Å². The van der Waals surface area contributed by atoms with Crippen LogP contribution in [0.5, 0.6) is 0 Å². The SMILES string of the molecule is CCN(CC)c1ccc(Nc2cncc(Br)c2)cc1. The predicted molar refractivity (Wildman–Crippen MR) is 85.2 cm³/mol. The average molecular weight is 320 g/mol. The zero-order chi connectivity index (χ0) is 13.7. The molecule has 2 rings (SSSR count). The Hall–Kier alpha value is -1.55. The Kier molecular flexibility index (Phi) is 4.80. The zero-order valence-corrected chi connectivity index (χ0v) is 12.8. The van der Waals surface area contributed by atoms with Gasteiger partial charge in [-0.1, -0.05) is 0 Å². The van der Waals surface area contributed by atoms with E-state index in [0.717, 1.165) is 28.9 Å². The van der Waals surface area contributed by atoms with Crippen LogP contribution in [0.2, 0.25) is 0 Å². The molecule has 0 amide bonds. The fraction of sp³-hybridized carbons (Fsp3) is 0.267. The van der Waals surface area contributed by atoms with E-state index in [-0.39, 0.29) is 0 Å². The molecule has 19 heavy (non-hydrogen) atoms. The summed E-state index contributed by atoms with van der Waals surface area (Å²) >= 11 is 3.42. The minimum atomic E-state index is 0.970. The Bertz CT molecular complexity index is 521.